The monoisotopic (exact) mass is 297 g/mol. The molecule has 1 saturated carbocycles. The number of carbonyl (C=O) groups excluding carboxylic acids is 1. The molecule has 1 saturated heterocycles. The number of amides is 1. The Kier molecular flexibility index (Phi) is 7.52. The highest BCUT2D eigenvalue weighted by molar-refractivity contribution is 5.85. The fourth-order valence-corrected chi connectivity index (χ4v) is 2.24. The maximum absolute atomic E-state index is 12.0. The molecule has 0 aromatic heterocycles. The highest BCUT2D eigenvalue weighted by Crippen LogP contribution is 2.27. The average molecular weight is 298 g/mol. The van der Waals surface area contributed by atoms with Gasteiger partial charge in [0.2, 0.25) is 5.91 Å². The van der Waals surface area contributed by atoms with Gasteiger partial charge >= 0.3 is 0 Å². The summed E-state index contributed by atoms with van der Waals surface area (Å²) in [6, 6.07) is 0.489. The average Bonchev–Trinajstić information content (AvgIpc) is 3.11. The van der Waals surface area contributed by atoms with Crippen molar-refractivity contribution in [1.29, 1.82) is 0 Å². The molecule has 18 heavy (non-hydrogen) atoms. The Balaban J connectivity index is 0.00000144. The van der Waals surface area contributed by atoms with Crippen molar-refractivity contribution < 1.29 is 4.79 Å². The molecule has 0 aromatic carbocycles. The summed E-state index contributed by atoms with van der Waals surface area (Å²) in [5.41, 5.74) is 5.89. The highest BCUT2D eigenvalue weighted by atomic mass is 35.5. The predicted octanol–water partition coefficient (Wildman–Crippen LogP) is 1.12. The van der Waals surface area contributed by atoms with Crippen molar-refractivity contribution >= 4 is 30.7 Å². The van der Waals surface area contributed by atoms with Gasteiger partial charge in [-0.1, -0.05) is 13.8 Å². The second-order valence-corrected chi connectivity index (χ2v) is 5.36. The van der Waals surface area contributed by atoms with Gasteiger partial charge in [-0.2, -0.15) is 0 Å². The number of rotatable bonds is 3. The van der Waals surface area contributed by atoms with E-state index in [1.54, 1.807) is 0 Å². The number of piperazine rings is 1. The first-order chi connectivity index (χ1) is 7.59. The van der Waals surface area contributed by atoms with E-state index in [4.69, 9.17) is 5.73 Å². The SMILES string of the molecule is CC(C)C(N)C(=O)N1CCN(C2CC2)CC1.Cl.Cl. The summed E-state index contributed by atoms with van der Waals surface area (Å²) in [5, 5.41) is 0. The van der Waals surface area contributed by atoms with Gasteiger partial charge in [-0.15, -0.1) is 24.8 Å². The third-order valence-electron chi connectivity index (χ3n) is 3.69. The number of hydrogen-bond acceptors (Lipinski definition) is 3. The van der Waals surface area contributed by atoms with Crippen LogP contribution in [0.2, 0.25) is 0 Å². The Morgan fingerprint density at radius 1 is 1.11 bits per heavy atom. The van der Waals surface area contributed by atoms with E-state index in [0.29, 0.717) is 0 Å². The lowest BCUT2D eigenvalue weighted by Gasteiger charge is -2.36. The van der Waals surface area contributed by atoms with Crippen molar-refractivity contribution in [2.24, 2.45) is 11.7 Å². The third-order valence-corrected chi connectivity index (χ3v) is 3.69. The minimum Gasteiger partial charge on any atom is -0.339 e. The van der Waals surface area contributed by atoms with Crippen molar-refractivity contribution in [2.75, 3.05) is 26.2 Å². The van der Waals surface area contributed by atoms with Crippen LogP contribution in [0.3, 0.4) is 0 Å². The molecule has 0 aromatic rings. The van der Waals surface area contributed by atoms with Crippen molar-refractivity contribution in [2.45, 2.75) is 38.8 Å². The first kappa shape index (κ1) is 18.0. The van der Waals surface area contributed by atoms with Crippen LogP contribution in [0, 0.1) is 5.92 Å². The second-order valence-electron chi connectivity index (χ2n) is 5.36. The van der Waals surface area contributed by atoms with Gasteiger partial charge < -0.3 is 10.6 Å². The summed E-state index contributed by atoms with van der Waals surface area (Å²) < 4.78 is 0. The van der Waals surface area contributed by atoms with E-state index < -0.39 is 0 Å². The molecule has 1 aliphatic carbocycles. The van der Waals surface area contributed by atoms with Crippen LogP contribution in [0.25, 0.3) is 0 Å². The molecule has 1 amide bonds. The van der Waals surface area contributed by atoms with E-state index in [1.807, 2.05) is 18.7 Å². The fraction of sp³-hybridized carbons (Fsp3) is 0.917. The zero-order chi connectivity index (χ0) is 11.7. The van der Waals surface area contributed by atoms with Crippen molar-refractivity contribution in [3.63, 3.8) is 0 Å². The van der Waals surface area contributed by atoms with Crippen LogP contribution in [0.15, 0.2) is 0 Å². The number of nitrogens with two attached hydrogens (primary N) is 1. The lowest BCUT2D eigenvalue weighted by atomic mass is 10.0. The van der Waals surface area contributed by atoms with E-state index in [2.05, 4.69) is 4.90 Å². The fourth-order valence-electron chi connectivity index (χ4n) is 2.24. The first-order valence-corrected chi connectivity index (χ1v) is 6.38. The molecule has 1 heterocycles. The van der Waals surface area contributed by atoms with Gasteiger partial charge in [0.25, 0.3) is 0 Å². The van der Waals surface area contributed by atoms with Crippen LogP contribution in [0.4, 0.5) is 0 Å². The van der Waals surface area contributed by atoms with Gasteiger partial charge in [0.1, 0.15) is 0 Å². The van der Waals surface area contributed by atoms with E-state index in [-0.39, 0.29) is 42.7 Å². The molecule has 2 fully saturated rings. The van der Waals surface area contributed by atoms with Crippen LogP contribution in [-0.4, -0.2) is 54.0 Å². The maximum Gasteiger partial charge on any atom is 0.239 e. The number of nitrogens with zero attached hydrogens (tertiary/aromatic N) is 2. The quantitative estimate of drug-likeness (QED) is 0.849. The second kappa shape index (κ2) is 7.53. The lowest BCUT2D eigenvalue weighted by molar-refractivity contribution is -0.135. The molecule has 1 atom stereocenters. The zero-order valence-electron chi connectivity index (χ0n) is 11.2. The van der Waals surface area contributed by atoms with E-state index in [9.17, 15) is 4.79 Å². The Labute approximate surface area is 122 Å². The zero-order valence-corrected chi connectivity index (χ0v) is 12.8. The number of carbonyl (C=O) groups is 1. The largest absolute Gasteiger partial charge is 0.339 e. The molecule has 2 aliphatic rings. The van der Waals surface area contributed by atoms with Crippen LogP contribution in [-0.2, 0) is 4.79 Å². The normalized spacial score (nSPS) is 22.1. The minimum absolute atomic E-state index is 0. The molecule has 2 N–H and O–H groups in total. The van der Waals surface area contributed by atoms with E-state index >= 15 is 0 Å². The smallest absolute Gasteiger partial charge is 0.239 e. The Morgan fingerprint density at radius 3 is 2.00 bits per heavy atom. The molecule has 1 aliphatic heterocycles. The first-order valence-electron chi connectivity index (χ1n) is 6.38. The molecular formula is C12H25Cl2N3O. The van der Waals surface area contributed by atoms with Crippen molar-refractivity contribution in [3.8, 4) is 0 Å². The summed E-state index contributed by atoms with van der Waals surface area (Å²) in [5.74, 6) is 0.361. The maximum atomic E-state index is 12.0. The van der Waals surface area contributed by atoms with Gasteiger partial charge in [0.15, 0.2) is 0 Å². The van der Waals surface area contributed by atoms with Gasteiger partial charge in [-0.3, -0.25) is 9.69 Å². The lowest BCUT2D eigenvalue weighted by Crippen LogP contribution is -2.54. The minimum atomic E-state index is -0.326. The molecular weight excluding hydrogens is 273 g/mol. The highest BCUT2D eigenvalue weighted by Gasteiger charge is 2.33. The van der Waals surface area contributed by atoms with Gasteiger partial charge in [-0.05, 0) is 18.8 Å². The summed E-state index contributed by atoms with van der Waals surface area (Å²) in [7, 11) is 0. The topological polar surface area (TPSA) is 49.6 Å². The number of halogens is 2. The van der Waals surface area contributed by atoms with Crippen molar-refractivity contribution in [3.05, 3.63) is 0 Å². The van der Waals surface area contributed by atoms with Gasteiger partial charge in [0, 0.05) is 32.2 Å². The van der Waals surface area contributed by atoms with Gasteiger partial charge in [-0.25, -0.2) is 0 Å². The Hall–Kier alpha value is -0.0300. The van der Waals surface area contributed by atoms with Crippen LogP contribution >= 0.6 is 24.8 Å². The summed E-state index contributed by atoms with van der Waals surface area (Å²) in [6.07, 6.45) is 2.69. The Morgan fingerprint density at radius 2 is 1.61 bits per heavy atom. The van der Waals surface area contributed by atoms with Crippen LogP contribution in [0.1, 0.15) is 26.7 Å². The number of hydrogen-bond donors (Lipinski definition) is 1. The van der Waals surface area contributed by atoms with E-state index in [0.717, 1.165) is 32.2 Å². The molecule has 108 valence electrons. The Bertz CT molecular complexity index is 264. The molecule has 0 radical (unpaired) electrons. The standard InChI is InChI=1S/C12H23N3O.2ClH/c1-9(2)11(13)12(16)15-7-5-14(6-8-15)10-3-4-10;;/h9-11H,3-8,13H2,1-2H3;2*1H. The summed E-state index contributed by atoms with van der Waals surface area (Å²) in [6.45, 7) is 7.78. The molecule has 2 rings (SSSR count). The molecule has 4 nitrogen and oxygen atoms in total. The summed E-state index contributed by atoms with van der Waals surface area (Å²) >= 11 is 0. The molecule has 1 unspecified atom stereocenters. The van der Waals surface area contributed by atoms with Crippen molar-refractivity contribution in [1.82, 2.24) is 9.80 Å². The van der Waals surface area contributed by atoms with Crippen LogP contribution in [0.5, 0.6) is 0 Å². The third kappa shape index (κ3) is 4.26. The molecule has 6 heteroatoms. The van der Waals surface area contributed by atoms with Crippen LogP contribution < -0.4 is 5.73 Å². The molecule has 0 spiro atoms. The van der Waals surface area contributed by atoms with E-state index in [1.165, 1.54) is 12.8 Å². The van der Waals surface area contributed by atoms with Gasteiger partial charge in [0.05, 0.1) is 6.04 Å². The summed E-state index contributed by atoms with van der Waals surface area (Å²) in [4.78, 5) is 16.5. The molecule has 0 bridgehead atoms. The predicted molar refractivity (Wildman–Crippen MR) is 78.5 cm³/mol.